The molecule has 0 bridgehead atoms. The Labute approximate surface area is 208 Å². The largest absolute Gasteiger partial charge is 0.356 e. The smallest absolute Gasteiger partial charge is 0.232 e. The highest BCUT2D eigenvalue weighted by Gasteiger charge is 2.25. The fraction of sp³-hybridized carbons (Fsp3) is 0.360. The zero-order valence-corrected chi connectivity index (χ0v) is 20.9. The first-order chi connectivity index (χ1) is 16.4. The van der Waals surface area contributed by atoms with Crippen molar-refractivity contribution in [1.82, 2.24) is 20.1 Å². The number of anilines is 1. The molecule has 1 saturated heterocycles. The third kappa shape index (κ3) is 5.80. The van der Waals surface area contributed by atoms with E-state index in [-0.39, 0.29) is 16.9 Å². The second-order valence-corrected chi connectivity index (χ2v) is 10.1. The maximum Gasteiger partial charge on any atom is 0.232 e. The molecule has 2 heterocycles. The maximum atomic E-state index is 13.2. The molecule has 4 rings (SSSR count). The van der Waals surface area contributed by atoms with Crippen molar-refractivity contribution in [1.29, 1.82) is 0 Å². The third-order valence-corrected chi connectivity index (χ3v) is 7.03. The average molecular weight is 498 g/mol. The summed E-state index contributed by atoms with van der Waals surface area (Å²) in [5.41, 5.74) is 2.60. The van der Waals surface area contributed by atoms with Gasteiger partial charge in [-0.15, -0.1) is 10.2 Å². The molecule has 1 aliphatic rings. The Bertz CT molecular complexity index is 1160. The predicted octanol–water partition coefficient (Wildman–Crippen LogP) is 4.56. The van der Waals surface area contributed by atoms with Crippen LogP contribution in [0.25, 0.3) is 5.69 Å². The number of rotatable bonds is 9. The highest BCUT2D eigenvalue weighted by Crippen LogP contribution is 2.32. The van der Waals surface area contributed by atoms with E-state index in [1.54, 1.807) is 0 Å². The van der Waals surface area contributed by atoms with Gasteiger partial charge in [0, 0.05) is 37.1 Å². The van der Waals surface area contributed by atoms with Crippen LogP contribution < -0.4 is 10.2 Å². The summed E-state index contributed by atoms with van der Waals surface area (Å²) in [5, 5.41) is 12.7. The van der Waals surface area contributed by atoms with E-state index in [4.69, 9.17) is 11.6 Å². The number of benzene rings is 2. The SMILES string of the molecule is CC(=O)NCCc1ccc(C(=O)C(C)Sc2nnc(N3CCCC3)n2-c2cccc(Cl)c2)cc1. The van der Waals surface area contributed by atoms with Gasteiger partial charge in [0.15, 0.2) is 10.9 Å². The molecule has 34 heavy (non-hydrogen) atoms. The number of carbonyl (C=O) groups is 2. The van der Waals surface area contributed by atoms with Crippen molar-refractivity contribution in [3.05, 3.63) is 64.7 Å². The molecule has 0 aliphatic carbocycles. The van der Waals surface area contributed by atoms with Gasteiger partial charge >= 0.3 is 0 Å². The van der Waals surface area contributed by atoms with Gasteiger partial charge in [-0.25, -0.2) is 0 Å². The molecular weight excluding hydrogens is 470 g/mol. The van der Waals surface area contributed by atoms with Crippen molar-refractivity contribution in [2.24, 2.45) is 0 Å². The molecule has 9 heteroatoms. The van der Waals surface area contributed by atoms with Gasteiger partial charge in [-0.2, -0.15) is 0 Å². The Kier molecular flexibility index (Phi) is 7.90. The molecule has 1 aliphatic heterocycles. The molecule has 1 N–H and O–H groups in total. The van der Waals surface area contributed by atoms with Crippen molar-refractivity contribution in [3.8, 4) is 5.69 Å². The number of amides is 1. The number of carbonyl (C=O) groups excluding carboxylic acids is 2. The molecule has 0 radical (unpaired) electrons. The molecule has 7 nitrogen and oxygen atoms in total. The summed E-state index contributed by atoms with van der Waals surface area (Å²) in [4.78, 5) is 26.4. The summed E-state index contributed by atoms with van der Waals surface area (Å²) in [5.74, 6) is 0.767. The van der Waals surface area contributed by atoms with Crippen LogP contribution >= 0.6 is 23.4 Å². The Morgan fingerprint density at radius 3 is 2.53 bits per heavy atom. The maximum absolute atomic E-state index is 13.2. The molecule has 1 fully saturated rings. The van der Waals surface area contributed by atoms with E-state index in [0.29, 0.717) is 22.3 Å². The van der Waals surface area contributed by atoms with Crippen LogP contribution in [0.5, 0.6) is 0 Å². The Hall–Kier alpha value is -2.84. The van der Waals surface area contributed by atoms with Crippen LogP contribution in [0.15, 0.2) is 53.7 Å². The lowest BCUT2D eigenvalue weighted by Gasteiger charge is -2.19. The third-order valence-electron chi connectivity index (χ3n) is 5.75. The number of ketones is 1. The van der Waals surface area contributed by atoms with Gasteiger partial charge < -0.3 is 10.2 Å². The molecule has 1 aromatic heterocycles. The Morgan fingerprint density at radius 1 is 1.12 bits per heavy atom. The summed E-state index contributed by atoms with van der Waals surface area (Å²) in [6.45, 7) is 5.85. The Morgan fingerprint density at radius 2 is 1.85 bits per heavy atom. The quantitative estimate of drug-likeness (QED) is 0.345. The van der Waals surface area contributed by atoms with Crippen LogP contribution in [0.4, 0.5) is 5.95 Å². The summed E-state index contributed by atoms with van der Waals surface area (Å²) in [7, 11) is 0. The van der Waals surface area contributed by atoms with E-state index in [9.17, 15) is 9.59 Å². The first-order valence-corrected chi connectivity index (χ1v) is 12.7. The second kappa shape index (κ2) is 11.1. The molecule has 0 saturated carbocycles. The van der Waals surface area contributed by atoms with E-state index < -0.39 is 0 Å². The predicted molar refractivity (Wildman–Crippen MR) is 136 cm³/mol. The number of hydrogen-bond acceptors (Lipinski definition) is 6. The van der Waals surface area contributed by atoms with Crippen molar-refractivity contribution >= 4 is 41.0 Å². The van der Waals surface area contributed by atoms with Crippen LogP contribution in [0.3, 0.4) is 0 Å². The average Bonchev–Trinajstić information content (AvgIpc) is 3.49. The second-order valence-electron chi connectivity index (χ2n) is 8.35. The van der Waals surface area contributed by atoms with Gasteiger partial charge in [0.1, 0.15) is 0 Å². The molecule has 3 aromatic rings. The summed E-state index contributed by atoms with van der Waals surface area (Å²) < 4.78 is 2.00. The summed E-state index contributed by atoms with van der Waals surface area (Å²) in [6, 6.07) is 15.2. The molecule has 1 unspecified atom stereocenters. The molecule has 0 spiro atoms. The van der Waals surface area contributed by atoms with Crippen molar-refractivity contribution in [3.63, 3.8) is 0 Å². The Balaban J connectivity index is 1.51. The summed E-state index contributed by atoms with van der Waals surface area (Å²) in [6.07, 6.45) is 2.97. The van der Waals surface area contributed by atoms with Crippen molar-refractivity contribution < 1.29 is 9.59 Å². The van der Waals surface area contributed by atoms with Crippen LogP contribution in [0.1, 0.15) is 42.6 Å². The van der Waals surface area contributed by atoms with E-state index in [1.165, 1.54) is 18.7 Å². The minimum absolute atomic E-state index is 0.0294. The highest BCUT2D eigenvalue weighted by molar-refractivity contribution is 8.00. The van der Waals surface area contributed by atoms with Gasteiger partial charge in [0.05, 0.1) is 10.9 Å². The van der Waals surface area contributed by atoms with Crippen LogP contribution in [0.2, 0.25) is 5.02 Å². The lowest BCUT2D eigenvalue weighted by atomic mass is 10.0. The minimum Gasteiger partial charge on any atom is -0.356 e. The van der Waals surface area contributed by atoms with E-state index in [1.807, 2.05) is 60.0 Å². The normalized spacial score (nSPS) is 14.3. The van der Waals surface area contributed by atoms with Crippen molar-refractivity contribution in [2.75, 3.05) is 24.5 Å². The molecular formula is C25H28ClN5O2S. The van der Waals surface area contributed by atoms with E-state index in [2.05, 4.69) is 20.4 Å². The number of hydrogen-bond donors (Lipinski definition) is 1. The van der Waals surface area contributed by atoms with Gasteiger partial charge in [-0.05, 0) is 49.9 Å². The van der Waals surface area contributed by atoms with Gasteiger partial charge in [0.25, 0.3) is 0 Å². The van der Waals surface area contributed by atoms with E-state index >= 15 is 0 Å². The number of aromatic nitrogens is 3. The fourth-order valence-electron chi connectivity index (χ4n) is 3.97. The van der Waals surface area contributed by atoms with Gasteiger partial charge in [0.2, 0.25) is 11.9 Å². The van der Waals surface area contributed by atoms with E-state index in [0.717, 1.165) is 49.6 Å². The number of nitrogens with one attached hydrogen (secondary N) is 1. The summed E-state index contributed by atoms with van der Waals surface area (Å²) >= 11 is 7.67. The number of Topliss-reactive ketones (excluding diaryl/α,β-unsaturated/α-hetero) is 1. The lowest BCUT2D eigenvalue weighted by Crippen LogP contribution is -2.22. The molecule has 178 valence electrons. The first kappa shape index (κ1) is 24.3. The zero-order chi connectivity index (χ0) is 24.1. The number of nitrogens with zero attached hydrogens (tertiary/aromatic N) is 4. The topological polar surface area (TPSA) is 80.1 Å². The van der Waals surface area contributed by atoms with Crippen LogP contribution in [-0.2, 0) is 11.2 Å². The first-order valence-electron chi connectivity index (χ1n) is 11.4. The zero-order valence-electron chi connectivity index (χ0n) is 19.3. The molecule has 1 atom stereocenters. The molecule has 2 aromatic carbocycles. The van der Waals surface area contributed by atoms with Crippen LogP contribution in [0, 0.1) is 0 Å². The number of halogens is 1. The van der Waals surface area contributed by atoms with Crippen LogP contribution in [-0.4, -0.2) is 51.3 Å². The van der Waals surface area contributed by atoms with Gasteiger partial charge in [-0.1, -0.05) is 53.7 Å². The standard InChI is InChI=1S/C25H28ClN5O2S/c1-17(23(33)20-10-8-19(9-11-20)12-13-27-18(2)32)34-25-29-28-24(30-14-3-4-15-30)31(25)22-7-5-6-21(26)16-22/h5-11,16-17H,3-4,12-15H2,1-2H3,(H,27,32). The number of thioether (sulfide) groups is 1. The lowest BCUT2D eigenvalue weighted by molar-refractivity contribution is -0.118. The van der Waals surface area contributed by atoms with Crippen molar-refractivity contribution in [2.45, 2.75) is 43.5 Å². The monoisotopic (exact) mass is 497 g/mol. The molecule has 1 amide bonds. The minimum atomic E-state index is -0.348. The fourth-order valence-corrected chi connectivity index (χ4v) is 5.09. The highest BCUT2D eigenvalue weighted by atomic mass is 35.5. The van der Waals surface area contributed by atoms with Gasteiger partial charge in [-0.3, -0.25) is 14.2 Å².